The molecule has 21 heavy (non-hydrogen) atoms. The molecule has 3 rings (SSSR count). The van der Waals surface area contributed by atoms with E-state index < -0.39 is 4.92 Å². The molecule has 1 fully saturated rings. The summed E-state index contributed by atoms with van der Waals surface area (Å²) in [5, 5.41) is 31.2. The lowest BCUT2D eigenvalue weighted by atomic mass is 9.87. The molecule has 0 aliphatic heterocycles. The van der Waals surface area contributed by atoms with Gasteiger partial charge in [0.2, 0.25) is 5.52 Å². The van der Waals surface area contributed by atoms with Crippen LogP contribution in [0.25, 0.3) is 11.0 Å². The summed E-state index contributed by atoms with van der Waals surface area (Å²) in [5.41, 5.74) is 1.05. The molecule has 1 aliphatic carbocycles. The summed E-state index contributed by atoms with van der Waals surface area (Å²) in [6, 6.07) is 3.01. The van der Waals surface area contributed by atoms with Crippen molar-refractivity contribution in [3.8, 4) is 0 Å². The largest absolute Gasteiger partial charge is 0.393 e. The fourth-order valence-corrected chi connectivity index (χ4v) is 2.85. The first-order valence-electron chi connectivity index (χ1n) is 6.96. The third-order valence-corrected chi connectivity index (χ3v) is 3.93. The van der Waals surface area contributed by atoms with Crippen molar-refractivity contribution in [2.75, 3.05) is 11.9 Å². The van der Waals surface area contributed by atoms with E-state index in [0.717, 1.165) is 25.7 Å². The van der Waals surface area contributed by atoms with Gasteiger partial charge in [-0.1, -0.05) is 6.42 Å². The molecule has 1 aromatic carbocycles. The molecule has 1 saturated carbocycles. The van der Waals surface area contributed by atoms with E-state index in [0.29, 0.717) is 23.7 Å². The summed E-state index contributed by atoms with van der Waals surface area (Å²) in [6.07, 6.45) is 3.51. The molecule has 0 spiro atoms. The van der Waals surface area contributed by atoms with Crippen molar-refractivity contribution in [2.24, 2.45) is 5.92 Å². The maximum atomic E-state index is 10.9. The molecule has 0 radical (unpaired) electrons. The second-order valence-electron chi connectivity index (χ2n) is 5.42. The number of hydrogen-bond acceptors (Lipinski definition) is 7. The fraction of sp³-hybridized carbons (Fsp3) is 0.538. The molecule has 2 N–H and O–H groups in total. The summed E-state index contributed by atoms with van der Waals surface area (Å²) in [7, 11) is 0. The Hall–Kier alpha value is -2.22. The van der Waals surface area contributed by atoms with Crippen LogP contribution in [-0.2, 0) is 0 Å². The van der Waals surface area contributed by atoms with Crippen LogP contribution < -0.4 is 5.32 Å². The predicted octanol–water partition coefficient (Wildman–Crippen LogP) is 2.09. The number of aliphatic hydroxyl groups excluding tert-OH is 1. The van der Waals surface area contributed by atoms with Gasteiger partial charge in [0.1, 0.15) is 0 Å². The molecule has 0 bridgehead atoms. The standard InChI is InChI=1S/C13H16N4O4/c18-9-3-1-2-8(6-9)7-14-10-4-5-11(17(19)20)13-12(10)15-21-16-13/h4-5,8-9,14,18H,1-3,6-7H2. The summed E-state index contributed by atoms with van der Waals surface area (Å²) >= 11 is 0. The molecule has 1 aliphatic rings. The van der Waals surface area contributed by atoms with E-state index in [-0.39, 0.29) is 17.3 Å². The lowest BCUT2D eigenvalue weighted by molar-refractivity contribution is -0.383. The van der Waals surface area contributed by atoms with Crippen LogP contribution in [0.2, 0.25) is 0 Å². The highest BCUT2D eigenvalue weighted by Crippen LogP contribution is 2.30. The van der Waals surface area contributed by atoms with Gasteiger partial charge < -0.3 is 10.4 Å². The van der Waals surface area contributed by atoms with Gasteiger partial charge in [0.25, 0.3) is 0 Å². The van der Waals surface area contributed by atoms with Gasteiger partial charge >= 0.3 is 5.69 Å². The molecule has 0 saturated heterocycles. The van der Waals surface area contributed by atoms with Gasteiger partial charge in [-0.25, -0.2) is 4.63 Å². The number of nitrogens with one attached hydrogen (secondary N) is 1. The summed E-state index contributed by atoms with van der Waals surface area (Å²) < 4.78 is 4.62. The normalized spacial score (nSPS) is 22.3. The Morgan fingerprint density at radius 1 is 1.38 bits per heavy atom. The van der Waals surface area contributed by atoms with Crippen molar-refractivity contribution < 1.29 is 14.7 Å². The molecule has 1 heterocycles. The van der Waals surface area contributed by atoms with E-state index in [4.69, 9.17) is 0 Å². The van der Waals surface area contributed by atoms with Crippen molar-refractivity contribution in [3.05, 3.63) is 22.2 Å². The van der Waals surface area contributed by atoms with Crippen LogP contribution in [0.5, 0.6) is 0 Å². The highest BCUT2D eigenvalue weighted by atomic mass is 16.6. The van der Waals surface area contributed by atoms with Crippen LogP contribution >= 0.6 is 0 Å². The lowest BCUT2D eigenvalue weighted by Gasteiger charge is -2.26. The average molecular weight is 292 g/mol. The Morgan fingerprint density at radius 2 is 2.19 bits per heavy atom. The molecule has 2 atom stereocenters. The summed E-state index contributed by atoms with van der Waals surface area (Å²) in [4.78, 5) is 10.4. The van der Waals surface area contributed by atoms with E-state index in [1.165, 1.54) is 6.07 Å². The highest BCUT2D eigenvalue weighted by Gasteiger charge is 2.22. The van der Waals surface area contributed by atoms with Crippen LogP contribution in [0.3, 0.4) is 0 Å². The van der Waals surface area contributed by atoms with Crippen LogP contribution in [0.4, 0.5) is 11.4 Å². The quantitative estimate of drug-likeness (QED) is 0.655. The zero-order valence-corrected chi connectivity index (χ0v) is 11.4. The summed E-state index contributed by atoms with van der Waals surface area (Å²) in [6.45, 7) is 0.691. The molecular formula is C13H16N4O4. The minimum atomic E-state index is -0.506. The first-order chi connectivity index (χ1) is 10.1. The Bertz CT molecular complexity index is 657. The number of aromatic nitrogens is 2. The zero-order valence-electron chi connectivity index (χ0n) is 11.4. The Morgan fingerprint density at radius 3 is 2.95 bits per heavy atom. The molecule has 8 nitrogen and oxygen atoms in total. The molecule has 8 heteroatoms. The van der Waals surface area contributed by atoms with E-state index >= 15 is 0 Å². The Balaban J connectivity index is 1.77. The van der Waals surface area contributed by atoms with E-state index in [2.05, 4.69) is 20.3 Å². The molecule has 0 amide bonds. The van der Waals surface area contributed by atoms with Gasteiger partial charge in [-0.15, -0.1) is 0 Å². The zero-order chi connectivity index (χ0) is 14.8. The van der Waals surface area contributed by atoms with E-state index in [9.17, 15) is 15.2 Å². The molecule has 2 unspecified atom stereocenters. The maximum absolute atomic E-state index is 10.9. The average Bonchev–Trinajstić information content (AvgIpc) is 2.94. The summed E-state index contributed by atoms with van der Waals surface area (Å²) in [5.74, 6) is 0.388. The van der Waals surface area contributed by atoms with Crippen molar-refractivity contribution in [2.45, 2.75) is 31.8 Å². The lowest BCUT2D eigenvalue weighted by Crippen LogP contribution is -2.25. The van der Waals surface area contributed by atoms with Gasteiger partial charge in [0.15, 0.2) is 5.52 Å². The van der Waals surface area contributed by atoms with Crippen LogP contribution in [0.1, 0.15) is 25.7 Å². The van der Waals surface area contributed by atoms with Crippen molar-refractivity contribution in [1.29, 1.82) is 0 Å². The number of aliphatic hydroxyl groups is 1. The predicted molar refractivity (Wildman–Crippen MR) is 74.9 cm³/mol. The van der Waals surface area contributed by atoms with Crippen LogP contribution in [0.15, 0.2) is 16.8 Å². The Labute approximate surface area is 120 Å². The minimum absolute atomic E-state index is 0.120. The number of benzene rings is 1. The number of nitro groups is 1. The van der Waals surface area contributed by atoms with Gasteiger partial charge in [-0.2, -0.15) is 0 Å². The number of non-ortho nitro benzene ring substituents is 1. The molecular weight excluding hydrogens is 276 g/mol. The Kier molecular flexibility index (Phi) is 3.70. The van der Waals surface area contributed by atoms with Crippen molar-refractivity contribution in [3.63, 3.8) is 0 Å². The first kappa shape index (κ1) is 13.7. The number of anilines is 1. The SMILES string of the molecule is O=[N+]([O-])c1ccc(NCC2CCCC(O)C2)c2nonc12. The number of hydrogen-bond donors (Lipinski definition) is 2. The minimum Gasteiger partial charge on any atom is -0.393 e. The number of nitro benzene ring substituents is 1. The van der Waals surface area contributed by atoms with Gasteiger partial charge in [0, 0.05) is 12.6 Å². The highest BCUT2D eigenvalue weighted by molar-refractivity contribution is 5.93. The van der Waals surface area contributed by atoms with E-state index in [1.54, 1.807) is 6.07 Å². The number of nitrogens with zero attached hydrogens (tertiary/aromatic N) is 3. The molecule has 2 aromatic rings. The smallest absolute Gasteiger partial charge is 0.300 e. The topological polar surface area (TPSA) is 114 Å². The second kappa shape index (κ2) is 5.65. The van der Waals surface area contributed by atoms with Gasteiger partial charge in [0.05, 0.1) is 16.7 Å². The van der Waals surface area contributed by atoms with Crippen LogP contribution in [-0.4, -0.2) is 33.0 Å². The van der Waals surface area contributed by atoms with Crippen LogP contribution in [0, 0.1) is 16.0 Å². The van der Waals surface area contributed by atoms with Gasteiger partial charge in [-0.05, 0) is 41.6 Å². The first-order valence-corrected chi connectivity index (χ1v) is 6.96. The van der Waals surface area contributed by atoms with Crippen molar-refractivity contribution >= 4 is 22.4 Å². The fourth-order valence-electron chi connectivity index (χ4n) is 2.85. The van der Waals surface area contributed by atoms with E-state index in [1.807, 2.05) is 0 Å². The molecule has 112 valence electrons. The maximum Gasteiger partial charge on any atom is 0.300 e. The number of fused-ring (bicyclic) bond motifs is 1. The third kappa shape index (κ3) is 2.80. The van der Waals surface area contributed by atoms with Crippen molar-refractivity contribution in [1.82, 2.24) is 10.3 Å². The molecule has 1 aromatic heterocycles. The monoisotopic (exact) mass is 292 g/mol. The third-order valence-electron chi connectivity index (χ3n) is 3.93. The second-order valence-corrected chi connectivity index (χ2v) is 5.42. The number of rotatable bonds is 4. The van der Waals surface area contributed by atoms with Gasteiger partial charge in [-0.3, -0.25) is 10.1 Å².